The van der Waals surface area contributed by atoms with Gasteiger partial charge in [0.25, 0.3) is 0 Å². The summed E-state index contributed by atoms with van der Waals surface area (Å²) < 4.78 is 119. The van der Waals surface area contributed by atoms with Crippen molar-refractivity contribution >= 4 is 22.6 Å². The van der Waals surface area contributed by atoms with Gasteiger partial charge in [-0.2, -0.15) is 8.42 Å². The van der Waals surface area contributed by atoms with E-state index in [1.165, 1.54) is 6.92 Å². The van der Waals surface area contributed by atoms with E-state index in [9.17, 15) is 38.2 Å². The Morgan fingerprint density at radius 3 is 1.37 bits per heavy atom. The van der Waals surface area contributed by atoms with Crippen LogP contribution in [-0.4, -0.2) is 166 Å². The summed E-state index contributed by atoms with van der Waals surface area (Å²) in [6, 6.07) is 54.6. The first kappa shape index (κ1) is 71.6. The Balaban J connectivity index is 0.0000107. The van der Waals surface area contributed by atoms with E-state index >= 15 is 0 Å². The number of carbonyl (C=O) groups excluding carboxylic acids is 1. The van der Waals surface area contributed by atoms with Crippen molar-refractivity contribution in [2.45, 2.75) is 146 Å². The van der Waals surface area contributed by atoms with Crippen LogP contribution in [0.5, 0.6) is 0 Å². The molecular formula is C67H78NNaO21S. The van der Waals surface area contributed by atoms with E-state index in [0.29, 0.717) is 6.29 Å². The third-order valence-electron chi connectivity index (χ3n) is 15.3. The van der Waals surface area contributed by atoms with E-state index < -0.39 is 127 Å². The predicted molar refractivity (Wildman–Crippen MR) is 322 cm³/mol. The quantitative estimate of drug-likeness (QED) is 0.0151. The molecule has 9 rings (SSSR count). The molecule has 0 unspecified atom stereocenters. The van der Waals surface area contributed by atoms with Crippen molar-refractivity contribution in [1.29, 1.82) is 0 Å². The van der Waals surface area contributed by atoms with Crippen molar-refractivity contribution in [2.24, 2.45) is 10.4 Å². The first-order valence-corrected chi connectivity index (χ1v) is 31.1. The molecule has 3 saturated heterocycles. The number of aliphatic imine (C=N–C) groups is 1. The Morgan fingerprint density at radius 1 is 0.516 bits per heavy atom. The van der Waals surface area contributed by atoms with Crippen LogP contribution in [0.25, 0.3) is 0 Å². The summed E-state index contributed by atoms with van der Waals surface area (Å²) in [5.74, 6) is -0.755. The second kappa shape index (κ2) is 35.8. The molecule has 3 aliphatic rings. The molecule has 0 radical (unpaired) electrons. The number of benzene rings is 6. The Morgan fingerprint density at radius 2 is 0.934 bits per heavy atom. The Bertz CT molecular complexity index is 3140. The molecule has 3 aliphatic heterocycles. The van der Waals surface area contributed by atoms with Gasteiger partial charge in [-0.15, -0.1) is 0 Å². The predicted octanol–water partition coefficient (Wildman–Crippen LogP) is 2.61. The molecule has 91 heavy (non-hydrogen) atoms. The normalized spacial score (nSPS) is 27.2. The number of carbonyl (C=O) groups is 1. The van der Waals surface area contributed by atoms with Crippen LogP contribution in [0.15, 0.2) is 187 Å². The monoisotopic (exact) mass is 1290 g/mol. The summed E-state index contributed by atoms with van der Waals surface area (Å²) in [4.78, 5) is 18.3. The van der Waals surface area contributed by atoms with E-state index in [0.717, 1.165) is 33.4 Å². The van der Waals surface area contributed by atoms with Crippen LogP contribution in [0.2, 0.25) is 0 Å². The van der Waals surface area contributed by atoms with Gasteiger partial charge in [0, 0.05) is 0 Å². The third-order valence-corrected chi connectivity index (χ3v) is 15.8. The van der Waals surface area contributed by atoms with Crippen LogP contribution < -0.4 is 34.7 Å². The zero-order valence-corrected chi connectivity index (χ0v) is 53.7. The van der Waals surface area contributed by atoms with E-state index in [1.54, 1.807) is 6.92 Å². The molecule has 3 heterocycles. The minimum Gasteiger partial charge on any atom is -0.862 e. The van der Waals surface area contributed by atoms with Crippen molar-refractivity contribution in [3.8, 4) is 0 Å². The van der Waals surface area contributed by atoms with Gasteiger partial charge in [-0.25, -0.2) is 4.18 Å². The second-order valence-electron chi connectivity index (χ2n) is 22.3. The summed E-state index contributed by atoms with van der Waals surface area (Å²) >= 11 is 0. The fourth-order valence-corrected chi connectivity index (χ4v) is 11.3. The molecule has 0 aliphatic carbocycles. The van der Waals surface area contributed by atoms with Gasteiger partial charge in [-0.1, -0.05) is 182 Å². The summed E-state index contributed by atoms with van der Waals surface area (Å²) in [6.45, 7) is 1.19. The van der Waals surface area contributed by atoms with Gasteiger partial charge in [0.15, 0.2) is 18.9 Å². The van der Waals surface area contributed by atoms with Gasteiger partial charge in [0.05, 0.1) is 84.2 Å². The molecule has 0 aromatic heterocycles. The smallest absolute Gasteiger partial charge is 0.862 e. The topological polar surface area (TPSA) is 288 Å². The van der Waals surface area contributed by atoms with Gasteiger partial charge in [0.2, 0.25) is 0 Å². The first-order chi connectivity index (χ1) is 43.7. The molecule has 4 N–H and O–H groups in total. The second-order valence-corrected chi connectivity index (χ2v) is 23.4. The maximum atomic E-state index is 13.8. The summed E-state index contributed by atoms with van der Waals surface area (Å²) in [6.07, 6.45) is -21.2. The molecule has 484 valence electrons. The van der Waals surface area contributed by atoms with Crippen LogP contribution >= 0.6 is 0 Å². The molecule has 0 amide bonds. The van der Waals surface area contributed by atoms with Crippen LogP contribution in [0, 0.1) is 5.41 Å². The van der Waals surface area contributed by atoms with E-state index in [1.807, 2.05) is 182 Å². The number of aldehydes is 1. The van der Waals surface area contributed by atoms with E-state index in [2.05, 4.69) is 4.99 Å². The van der Waals surface area contributed by atoms with E-state index in [-0.39, 0.29) is 89.0 Å². The number of aliphatic hydroxyl groups is 3. The minimum absolute atomic E-state index is 0. The summed E-state index contributed by atoms with van der Waals surface area (Å²) in [7, 11) is -5.38. The van der Waals surface area contributed by atoms with Gasteiger partial charge in [-0.05, 0) is 53.1 Å². The van der Waals surface area contributed by atoms with Gasteiger partial charge < -0.3 is 82.1 Å². The SMILES string of the molecule is CC([O-])=N[C@H]1[C@H](OCC(C=O)(COCc2ccccc2)COCc2ccccc2)O[C@H](COCc2ccccc2)[C@@H](O[C@@H]2O[C@H](CO)[C@H](O)[C@H](OS(=O)(=O)O)[C@H]2O)[C@@H]1O[C@@H]1O[C@@H](C)[C@@H](OCc2ccccc2)[C@@H](OCc2ccccc2)[C@@H]1OCc1ccccc1.[Na+]. The first-order valence-electron chi connectivity index (χ1n) is 29.7. The van der Waals surface area contributed by atoms with Crippen molar-refractivity contribution in [3.63, 3.8) is 0 Å². The standard InChI is InChI=1S/C67H79NO21S.Na/c1-45-58(80-37-50-27-15-6-16-28-50)62(81-38-51-29-17-7-18-30-51)63(82-39-52-31-19-8-20-32-52)66(84-45)88-60-55(68-46(2)71)64(83-44-67(41-70,42-78-35-48-23-11-4-12-24-48)43-79-36-49-25-13-5-14-26-49)86-54(40-77-34-47-21-9-3-10-22-47)59(60)87-65-57(73)61(89-90(74,75)76)56(72)53(33-69)85-65;/h3-32,41,45,53-66,69,72-73H,33-40,42-44H2,1-2H3,(H,68,71)(H,74,75,76);/q;+1/p-1/t45-,53+,54+,55+,56-,57+,58+,59+,60+,61-,62+,63-,64+,65-,66-;/m0./s1. The number of hydrogen-bond donors (Lipinski definition) is 4. The van der Waals surface area contributed by atoms with Crippen molar-refractivity contribution < 1.29 is 129 Å². The molecule has 24 heteroatoms. The molecule has 22 nitrogen and oxygen atoms in total. The molecule has 0 spiro atoms. The number of ether oxygens (including phenoxy) is 12. The fourth-order valence-electron chi connectivity index (χ4n) is 10.8. The zero-order chi connectivity index (χ0) is 63.3. The summed E-state index contributed by atoms with van der Waals surface area (Å²) in [5.41, 5.74) is 3.33. The van der Waals surface area contributed by atoms with Crippen LogP contribution in [0.4, 0.5) is 0 Å². The molecule has 6 aromatic rings. The number of hydrogen-bond acceptors (Lipinski definition) is 21. The Hall–Kier alpha value is -5.27. The van der Waals surface area contributed by atoms with Crippen LogP contribution in [0.3, 0.4) is 0 Å². The average molecular weight is 1290 g/mol. The maximum absolute atomic E-state index is 13.8. The largest absolute Gasteiger partial charge is 1.00 e. The van der Waals surface area contributed by atoms with Crippen molar-refractivity contribution in [2.75, 3.05) is 33.0 Å². The van der Waals surface area contributed by atoms with Gasteiger partial charge >= 0.3 is 40.0 Å². The average Bonchev–Trinajstić information content (AvgIpc) is 0.796. The molecule has 6 aromatic carbocycles. The van der Waals surface area contributed by atoms with Crippen molar-refractivity contribution in [1.82, 2.24) is 0 Å². The number of nitrogens with zero attached hydrogens (tertiary/aromatic N) is 1. The molecule has 3 fully saturated rings. The van der Waals surface area contributed by atoms with Gasteiger partial charge in [-0.3, -0.25) is 9.55 Å². The Labute approximate surface area is 552 Å². The molecule has 15 atom stereocenters. The van der Waals surface area contributed by atoms with Crippen LogP contribution in [0.1, 0.15) is 47.2 Å². The van der Waals surface area contributed by atoms with Crippen molar-refractivity contribution in [3.05, 3.63) is 215 Å². The third kappa shape index (κ3) is 21.1. The maximum Gasteiger partial charge on any atom is 1.00 e. The summed E-state index contributed by atoms with van der Waals surface area (Å²) in [5, 5.41) is 47.5. The minimum atomic E-state index is -5.38. The molecular weight excluding hydrogens is 1210 g/mol. The number of rotatable bonds is 33. The van der Waals surface area contributed by atoms with E-state index in [4.69, 9.17) is 61.0 Å². The molecule has 0 bridgehead atoms. The zero-order valence-electron chi connectivity index (χ0n) is 50.9. The van der Waals surface area contributed by atoms with Crippen LogP contribution in [-0.2, 0) is 116 Å². The number of aliphatic hydroxyl groups excluding tert-OH is 3. The molecule has 0 saturated carbocycles. The Kier molecular flexibility index (Phi) is 28.2. The van der Waals surface area contributed by atoms with Gasteiger partial charge in [0.1, 0.15) is 73.4 Å². The fraction of sp³-hybridized carbons (Fsp3) is 0.433.